The Morgan fingerprint density at radius 2 is 1.83 bits per heavy atom. The summed E-state index contributed by atoms with van der Waals surface area (Å²) < 4.78 is 5.04. The Balaban J connectivity index is 1.84. The van der Waals surface area contributed by atoms with Gasteiger partial charge in [0.15, 0.2) is 0 Å². The van der Waals surface area contributed by atoms with Gasteiger partial charge in [-0.05, 0) is 24.3 Å². The molecule has 2 aromatic rings. The van der Waals surface area contributed by atoms with E-state index in [1.807, 2.05) is 0 Å². The summed E-state index contributed by atoms with van der Waals surface area (Å²) in [5.74, 6) is -1.02. The lowest BCUT2D eigenvalue weighted by atomic mass is 10.2. The monoisotopic (exact) mass is 372 g/mol. The number of carbonyl (C=O) groups is 2. The van der Waals surface area contributed by atoms with Crippen molar-refractivity contribution in [2.24, 2.45) is 0 Å². The standard InChI is InChI=1S/C15H11Cl3N2O3/c16-11-5-1-3-9(12(11)17)15(22)23-8-7-20-14(21)10-4-2-6-19-13(10)18/h1-6H,7-8H2,(H,20,21). The molecule has 0 aliphatic carbocycles. The van der Waals surface area contributed by atoms with Gasteiger partial charge in [-0.3, -0.25) is 4.79 Å². The molecule has 0 atom stereocenters. The fourth-order valence-electron chi connectivity index (χ4n) is 1.70. The zero-order chi connectivity index (χ0) is 16.8. The van der Waals surface area contributed by atoms with Crippen molar-refractivity contribution in [1.29, 1.82) is 0 Å². The topological polar surface area (TPSA) is 68.3 Å². The Labute approximate surface area is 147 Å². The van der Waals surface area contributed by atoms with Crippen LogP contribution >= 0.6 is 34.8 Å². The summed E-state index contributed by atoms with van der Waals surface area (Å²) in [6.45, 7) is 0.0965. The highest BCUT2D eigenvalue weighted by atomic mass is 35.5. The molecule has 0 radical (unpaired) electrons. The Bertz CT molecular complexity index is 738. The summed E-state index contributed by atoms with van der Waals surface area (Å²) in [4.78, 5) is 27.5. The van der Waals surface area contributed by atoms with Crippen LogP contribution in [0.1, 0.15) is 20.7 Å². The van der Waals surface area contributed by atoms with Gasteiger partial charge in [-0.15, -0.1) is 0 Å². The summed E-state index contributed by atoms with van der Waals surface area (Å²) in [5, 5.41) is 3.07. The van der Waals surface area contributed by atoms with E-state index in [0.29, 0.717) is 0 Å². The predicted molar refractivity (Wildman–Crippen MR) is 88.3 cm³/mol. The van der Waals surface area contributed by atoms with E-state index in [0.717, 1.165) is 0 Å². The molecule has 0 saturated carbocycles. The number of carbonyl (C=O) groups excluding carboxylic acids is 2. The van der Waals surface area contributed by atoms with Crippen molar-refractivity contribution in [3.8, 4) is 0 Å². The summed E-state index contributed by atoms with van der Waals surface area (Å²) in [6, 6.07) is 7.81. The molecule has 1 aromatic heterocycles. The normalized spacial score (nSPS) is 10.2. The van der Waals surface area contributed by atoms with Gasteiger partial charge in [0.2, 0.25) is 0 Å². The van der Waals surface area contributed by atoms with Gasteiger partial charge in [0.25, 0.3) is 5.91 Å². The largest absolute Gasteiger partial charge is 0.460 e. The van der Waals surface area contributed by atoms with Gasteiger partial charge in [0.1, 0.15) is 11.8 Å². The van der Waals surface area contributed by atoms with Crippen LogP contribution in [0, 0.1) is 0 Å². The minimum atomic E-state index is -0.619. The van der Waals surface area contributed by atoms with Crippen molar-refractivity contribution in [2.45, 2.75) is 0 Å². The second kappa shape index (κ2) is 8.15. The predicted octanol–water partition coefficient (Wildman–Crippen LogP) is 3.63. The number of rotatable bonds is 5. The second-order valence-corrected chi connectivity index (χ2v) is 5.48. The fraction of sp³-hybridized carbons (Fsp3) is 0.133. The van der Waals surface area contributed by atoms with E-state index in [1.165, 1.54) is 12.3 Å². The van der Waals surface area contributed by atoms with E-state index in [1.54, 1.807) is 24.3 Å². The maximum absolute atomic E-state index is 11.9. The Kier molecular flexibility index (Phi) is 6.21. The zero-order valence-electron chi connectivity index (χ0n) is 11.7. The highest BCUT2D eigenvalue weighted by molar-refractivity contribution is 6.43. The lowest BCUT2D eigenvalue weighted by Gasteiger charge is -2.08. The maximum atomic E-state index is 11.9. The first kappa shape index (κ1) is 17.5. The number of amides is 1. The highest BCUT2D eigenvalue weighted by Gasteiger charge is 2.14. The minimum Gasteiger partial charge on any atom is -0.460 e. The third kappa shape index (κ3) is 4.58. The highest BCUT2D eigenvalue weighted by Crippen LogP contribution is 2.25. The third-order valence-corrected chi connectivity index (χ3v) is 3.92. The molecule has 2 rings (SSSR count). The van der Waals surface area contributed by atoms with E-state index >= 15 is 0 Å². The van der Waals surface area contributed by atoms with E-state index in [4.69, 9.17) is 39.5 Å². The number of nitrogens with one attached hydrogen (secondary N) is 1. The first-order valence-electron chi connectivity index (χ1n) is 6.50. The number of ether oxygens (including phenoxy) is 1. The van der Waals surface area contributed by atoms with Gasteiger partial charge in [0.05, 0.1) is 27.7 Å². The zero-order valence-corrected chi connectivity index (χ0v) is 14.0. The van der Waals surface area contributed by atoms with Crippen molar-refractivity contribution in [3.63, 3.8) is 0 Å². The van der Waals surface area contributed by atoms with Crippen molar-refractivity contribution in [3.05, 3.63) is 62.9 Å². The van der Waals surface area contributed by atoms with Gasteiger partial charge < -0.3 is 10.1 Å². The molecule has 0 spiro atoms. The number of benzene rings is 1. The van der Waals surface area contributed by atoms with Gasteiger partial charge in [-0.25, -0.2) is 9.78 Å². The molecule has 0 fully saturated rings. The first-order chi connectivity index (χ1) is 11.0. The molecule has 1 heterocycles. The molecule has 0 bridgehead atoms. The molecule has 1 N–H and O–H groups in total. The number of aromatic nitrogens is 1. The Morgan fingerprint density at radius 1 is 1.09 bits per heavy atom. The van der Waals surface area contributed by atoms with E-state index < -0.39 is 11.9 Å². The van der Waals surface area contributed by atoms with Crippen molar-refractivity contribution in [1.82, 2.24) is 10.3 Å². The summed E-state index contributed by atoms with van der Waals surface area (Å²) in [6.07, 6.45) is 1.48. The molecule has 0 aliphatic heterocycles. The fourth-order valence-corrected chi connectivity index (χ4v) is 2.28. The molecule has 1 aromatic carbocycles. The van der Waals surface area contributed by atoms with Crippen LogP contribution in [0.3, 0.4) is 0 Å². The number of esters is 1. The van der Waals surface area contributed by atoms with Crippen molar-refractivity contribution in [2.75, 3.05) is 13.2 Å². The number of halogens is 3. The molecular weight excluding hydrogens is 363 g/mol. The molecule has 120 valence electrons. The minimum absolute atomic E-state index is 0.0225. The summed E-state index contributed by atoms with van der Waals surface area (Å²) in [5.41, 5.74) is 0.416. The molecule has 0 aliphatic rings. The Morgan fingerprint density at radius 3 is 2.57 bits per heavy atom. The number of hydrogen-bond acceptors (Lipinski definition) is 4. The van der Waals surface area contributed by atoms with Crippen LogP contribution < -0.4 is 5.32 Å². The first-order valence-corrected chi connectivity index (χ1v) is 7.64. The maximum Gasteiger partial charge on any atom is 0.339 e. The van der Waals surface area contributed by atoms with Gasteiger partial charge >= 0.3 is 5.97 Å². The lowest BCUT2D eigenvalue weighted by Crippen LogP contribution is -2.28. The quantitative estimate of drug-likeness (QED) is 0.494. The molecule has 0 unspecified atom stereocenters. The lowest BCUT2D eigenvalue weighted by molar-refractivity contribution is 0.0503. The SMILES string of the molecule is O=C(NCCOC(=O)c1cccc(Cl)c1Cl)c1cccnc1Cl. The molecule has 23 heavy (non-hydrogen) atoms. The molecule has 5 nitrogen and oxygen atoms in total. The summed E-state index contributed by atoms with van der Waals surface area (Å²) in [7, 11) is 0. The third-order valence-electron chi connectivity index (χ3n) is 2.80. The number of nitrogens with zero attached hydrogens (tertiary/aromatic N) is 1. The Hall–Kier alpha value is -1.82. The van der Waals surface area contributed by atoms with E-state index in [2.05, 4.69) is 10.3 Å². The average molecular weight is 374 g/mol. The van der Waals surface area contributed by atoms with Crippen molar-refractivity contribution < 1.29 is 14.3 Å². The number of pyridine rings is 1. The summed E-state index contributed by atoms with van der Waals surface area (Å²) >= 11 is 17.6. The van der Waals surface area contributed by atoms with Crippen molar-refractivity contribution >= 4 is 46.7 Å². The number of hydrogen-bond donors (Lipinski definition) is 1. The van der Waals surface area contributed by atoms with Crippen LogP contribution in [0.4, 0.5) is 0 Å². The molecular formula is C15H11Cl3N2O3. The van der Waals surface area contributed by atoms with Crippen LogP contribution in [0.2, 0.25) is 15.2 Å². The molecule has 8 heteroatoms. The average Bonchev–Trinajstić information content (AvgIpc) is 2.54. The van der Waals surface area contributed by atoms with Crippen LogP contribution in [-0.4, -0.2) is 30.0 Å². The van der Waals surface area contributed by atoms with Gasteiger partial charge in [0, 0.05) is 6.20 Å². The van der Waals surface area contributed by atoms with E-state index in [-0.39, 0.29) is 39.5 Å². The van der Waals surface area contributed by atoms with E-state index in [9.17, 15) is 9.59 Å². The second-order valence-electron chi connectivity index (χ2n) is 4.33. The van der Waals surface area contributed by atoms with Crippen LogP contribution in [0.15, 0.2) is 36.5 Å². The molecule has 1 amide bonds. The van der Waals surface area contributed by atoms with Crippen LogP contribution in [0.5, 0.6) is 0 Å². The van der Waals surface area contributed by atoms with Crippen LogP contribution in [0.25, 0.3) is 0 Å². The van der Waals surface area contributed by atoms with Crippen LogP contribution in [-0.2, 0) is 4.74 Å². The smallest absolute Gasteiger partial charge is 0.339 e. The van der Waals surface area contributed by atoms with Gasteiger partial charge in [-0.2, -0.15) is 0 Å². The molecule has 0 saturated heterocycles. The van der Waals surface area contributed by atoms with Gasteiger partial charge in [-0.1, -0.05) is 40.9 Å².